The minimum atomic E-state index is -1.10. The van der Waals surface area contributed by atoms with Crippen LogP contribution < -0.4 is 20.4 Å². The number of nitrogens with zero attached hydrogens (tertiary/aromatic N) is 9. The number of aliphatic hydroxyl groups excluding tert-OH is 4. The summed E-state index contributed by atoms with van der Waals surface area (Å²) in [6.45, 7) is 7.78. The van der Waals surface area contributed by atoms with Crippen LogP contribution in [0.25, 0.3) is 0 Å². The lowest BCUT2D eigenvalue weighted by Crippen LogP contribution is -2.63. The van der Waals surface area contributed by atoms with Gasteiger partial charge in [-0.25, -0.2) is 9.80 Å². The van der Waals surface area contributed by atoms with Gasteiger partial charge in [0.2, 0.25) is 0 Å². The van der Waals surface area contributed by atoms with E-state index in [1.54, 1.807) is 28.0 Å². The fourth-order valence-electron chi connectivity index (χ4n) is 9.53. The number of rotatable bonds is 8. The Bertz CT molecular complexity index is 1910. The fourth-order valence-corrected chi connectivity index (χ4v) is 9.74. The highest BCUT2D eigenvalue weighted by atomic mass is 35.5. The average Bonchev–Trinajstić information content (AvgIpc) is 3.46. The van der Waals surface area contributed by atoms with Crippen LogP contribution in [-0.4, -0.2) is 135 Å². The van der Waals surface area contributed by atoms with E-state index in [9.17, 15) is 30.5 Å². The number of carbonyl (C=O) groups is 1. The van der Waals surface area contributed by atoms with E-state index in [4.69, 9.17) is 17.3 Å². The summed E-state index contributed by atoms with van der Waals surface area (Å²) in [7, 11) is 0. The summed E-state index contributed by atoms with van der Waals surface area (Å²) < 4.78 is 0. The highest BCUT2D eigenvalue weighted by Crippen LogP contribution is 2.45. The summed E-state index contributed by atoms with van der Waals surface area (Å²) in [6, 6.07) is 16.2. The number of nitrogens with two attached hydrogens (primary N) is 1. The number of carbonyl (C=O) groups excluding carboxylic acids is 1. The second-order valence-corrected chi connectivity index (χ2v) is 16.3. The number of likely N-dealkylation sites (tertiary alicyclic amines) is 1. The molecular formula is C40H51ClN10O5. The van der Waals surface area contributed by atoms with E-state index < -0.39 is 36.9 Å². The normalized spacial score (nSPS) is 27.4. The molecule has 0 aliphatic carbocycles. The molecule has 5 aliphatic rings. The van der Waals surface area contributed by atoms with Crippen molar-refractivity contribution in [1.82, 2.24) is 24.9 Å². The second kappa shape index (κ2) is 16.4. The molecule has 0 spiro atoms. The van der Waals surface area contributed by atoms with Gasteiger partial charge in [0.1, 0.15) is 31.0 Å². The quantitative estimate of drug-likeness (QED) is 0.223. The molecule has 8 rings (SSSR count). The lowest BCUT2D eigenvalue weighted by Gasteiger charge is -2.50. The zero-order valence-corrected chi connectivity index (χ0v) is 32.2. The van der Waals surface area contributed by atoms with Gasteiger partial charge in [-0.1, -0.05) is 17.7 Å². The highest BCUT2D eigenvalue weighted by Gasteiger charge is 2.49. The molecule has 298 valence electrons. The van der Waals surface area contributed by atoms with Gasteiger partial charge in [-0.3, -0.25) is 9.69 Å². The number of aromatic nitrogens is 2. The first kappa shape index (κ1) is 38.7. The van der Waals surface area contributed by atoms with Crippen molar-refractivity contribution in [3.8, 4) is 6.07 Å². The number of amides is 1. The Kier molecular flexibility index (Phi) is 11.3. The number of anilines is 3. The molecule has 4 saturated heterocycles. The summed E-state index contributed by atoms with van der Waals surface area (Å²) >= 11 is 6.30. The van der Waals surface area contributed by atoms with Gasteiger partial charge in [0.05, 0.1) is 16.6 Å². The maximum absolute atomic E-state index is 11.8. The van der Waals surface area contributed by atoms with E-state index in [0.717, 1.165) is 75.8 Å². The molecule has 16 heteroatoms. The Balaban J connectivity index is 0.844. The Morgan fingerprint density at radius 3 is 2.07 bits per heavy atom. The maximum atomic E-state index is 11.8. The Morgan fingerprint density at radius 2 is 1.41 bits per heavy atom. The smallest absolute Gasteiger partial charge is 0.269 e. The Morgan fingerprint density at radius 1 is 0.750 bits per heavy atom. The maximum Gasteiger partial charge on any atom is 0.269 e. The number of halogens is 1. The lowest BCUT2D eigenvalue weighted by molar-refractivity contribution is -0.222. The SMILES string of the molecule is N#Cc1ccc(N2CCC(N3C(O)CCC(N4C(O)c5ccc(N6CCN(CC7CCN(c8ccc(C(N)=O)nn8)CC7)CC6)cc5C4O)C3O)CC2)cc1Cl. The Hall–Kier alpha value is -4.11. The lowest BCUT2D eigenvalue weighted by atomic mass is 9.94. The monoisotopic (exact) mass is 786 g/mol. The van der Waals surface area contributed by atoms with Crippen molar-refractivity contribution >= 4 is 34.7 Å². The number of hydrogen-bond donors (Lipinski definition) is 5. The molecule has 6 heterocycles. The Labute approximate surface area is 332 Å². The molecule has 3 aromatic rings. The third-order valence-corrected chi connectivity index (χ3v) is 13.0. The number of benzene rings is 2. The molecule has 0 bridgehead atoms. The highest BCUT2D eigenvalue weighted by molar-refractivity contribution is 6.32. The predicted octanol–water partition coefficient (Wildman–Crippen LogP) is 2.21. The van der Waals surface area contributed by atoms with Gasteiger partial charge < -0.3 is 40.9 Å². The number of aliphatic hydroxyl groups is 4. The van der Waals surface area contributed by atoms with Gasteiger partial charge in [-0.15, -0.1) is 10.2 Å². The number of nitriles is 1. The molecule has 2 aromatic carbocycles. The summed E-state index contributed by atoms with van der Waals surface area (Å²) in [6.07, 6.45) is 0.257. The molecule has 4 fully saturated rings. The van der Waals surface area contributed by atoms with Crippen molar-refractivity contribution in [3.63, 3.8) is 0 Å². The predicted molar refractivity (Wildman–Crippen MR) is 211 cm³/mol. The summed E-state index contributed by atoms with van der Waals surface area (Å²) in [5.74, 6) is 0.783. The molecule has 15 nitrogen and oxygen atoms in total. The van der Waals surface area contributed by atoms with Gasteiger partial charge in [0, 0.05) is 87.4 Å². The summed E-state index contributed by atoms with van der Waals surface area (Å²) in [5.41, 5.74) is 9.13. The van der Waals surface area contributed by atoms with E-state index in [1.807, 2.05) is 30.3 Å². The third kappa shape index (κ3) is 7.65. The third-order valence-electron chi connectivity index (χ3n) is 12.7. The zero-order valence-electron chi connectivity index (χ0n) is 31.4. The molecule has 1 aromatic heterocycles. The topological polar surface area (TPSA) is 193 Å². The average molecular weight is 787 g/mol. The van der Waals surface area contributed by atoms with E-state index in [2.05, 4.69) is 35.9 Å². The number of piperazine rings is 1. The standard InChI is InChI=1S/C40H51ClN10O5/c41-32-22-29(2-1-26(32)23-42)47-15-11-27(12-16-47)50-36(52)8-6-34(40(50)56)51-38(54)30-4-3-28(21-31(30)39(51)55)48-19-17-46(18-20-48)24-25-9-13-49(14-10-25)35-7-5-33(37(43)53)44-45-35/h1-5,7,21-22,25,27,34,36,38-40,52,54-56H,6,8-20,24H2,(H2,43,53). The van der Waals surface area contributed by atoms with Crippen LogP contribution in [0.3, 0.4) is 0 Å². The van der Waals surface area contributed by atoms with Crippen LogP contribution in [-0.2, 0) is 0 Å². The fraction of sp³-hybridized carbons (Fsp3) is 0.550. The van der Waals surface area contributed by atoms with Crippen molar-refractivity contribution in [2.24, 2.45) is 11.7 Å². The van der Waals surface area contributed by atoms with Crippen molar-refractivity contribution in [2.75, 3.05) is 73.6 Å². The molecule has 6 N–H and O–H groups in total. The molecule has 0 radical (unpaired) electrons. The van der Waals surface area contributed by atoms with Gasteiger partial charge in [-0.2, -0.15) is 5.26 Å². The molecule has 1 amide bonds. The first-order chi connectivity index (χ1) is 27.1. The van der Waals surface area contributed by atoms with Crippen molar-refractivity contribution in [2.45, 2.75) is 75.5 Å². The minimum Gasteiger partial charge on any atom is -0.378 e. The number of primary amides is 1. The van der Waals surface area contributed by atoms with Crippen LogP contribution in [0.15, 0.2) is 48.5 Å². The zero-order chi connectivity index (χ0) is 39.1. The van der Waals surface area contributed by atoms with E-state index in [1.165, 1.54) is 0 Å². The van der Waals surface area contributed by atoms with Crippen molar-refractivity contribution in [3.05, 3.63) is 75.9 Å². The number of hydrogen-bond acceptors (Lipinski definition) is 14. The molecular weight excluding hydrogens is 736 g/mol. The first-order valence-electron chi connectivity index (χ1n) is 19.8. The van der Waals surface area contributed by atoms with Crippen LogP contribution in [0.5, 0.6) is 0 Å². The van der Waals surface area contributed by atoms with Crippen molar-refractivity contribution in [1.29, 1.82) is 5.26 Å². The van der Waals surface area contributed by atoms with Gasteiger partial charge in [0.25, 0.3) is 5.91 Å². The van der Waals surface area contributed by atoms with E-state index >= 15 is 0 Å². The van der Waals surface area contributed by atoms with Crippen LogP contribution >= 0.6 is 11.6 Å². The van der Waals surface area contributed by atoms with Crippen LogP contribution in [0.2, 0.25) is 5.02 Å². The largest absolute Gasteiger partial charge is 0.378 e. The van der Waals surface area contributed by atoms with Crippen molar-refractivity contribution < 1.29 is 25.2 Å². The van der Waals surface area contributed by atoms with Crippen LogP contribution in [0.1, 0.15) is 78.2 Å². The van der Waals surface area contributed by atoms with E-state index in [0.29, 0.717) is 66.4 Å². The van der Waals surface area contributed by atoms with Crippen LogP contribution in [0, 0.1) is 17.2 Å². The second-order valence-electron chi connectivity index (χ2n) is 15.8. The van der Waals surface area contributed by atoms with Gasteiger partial charge >= 0.3 is 0 Å². The summed E-state index contributed by atoms with van der Waals surface area (Å²) in [4.78, 5) is 24.0. The van der Waals surface area contributed by atoms with Gasteiger partial charge in [-0.05, 0) is 86.9 Å². The van der Waals surface area contributed by atoms with Crippen LogP contribution in [0.4, 0.5) is 17.2 Å². The van der Waals surface area contributed by atoms with E-state index in [-0.39, 0.29) is 11.7 Å². The minimum absolute atomic E-state index is 0.0891. The number of fused-ring (bicyclic) bond motifs is 1. The molecule has 5 atom stereocenters. The first-order valence-corrected chi connectivity index (χ1v) is 20.2. The molecule has 5 unspecified atom stereocenters. The molecule has 5 aliphatic heterocycles. The summed E-state index contributed by atoms with van der Waals surface area (Å²) in [5, 5.41) is 64.0. The molecule has 0 saturated carbocycles. The molecule has 56 heavy (non-hydrogen) atoms. The van der Waals surface area contributed by atoms with Gasteiger partial charge in [0.15, 0.2) is 11.5 Å². The number of piperidine rings is 3.